The smallest absolute Gasteiger partial charge is 0.310 e. The van der Waals surface area contributed by atoms with Crippen LogP contribution in [0.4, 0.5) is 0 Å². The molecule has 3 rings (SSSR count). The molecule has 4 nitrogen and oxygen atoms in total. The van der Waals surface area contributed by atoms with Crippen molar-refractivity contribution in [1.82, 2.24) is 0 Å². The lowest BCUT2D eigenvalue weighted by atomic mass is 9.66. The second-order valence-corrected chi connectivity index (χ2v) is 6.40. The zero-order valence-electron chi connectivity index (χ0n) is 14.6. The largest absolute Gasteiger partial charge is 0.481 e. The van der Waals surface area contributed by atoms with Gasteiger partial charge in [-0.15, -0.1) is 0 Å². The summed E-state index contributed by atoms with van der Waals surface area (Å²) in [6.45, 7) is 1.96. The molecule has 1 N–H and O–H groups in total. The minimum absolute atomic E-state index is 0.225. The number of carboxylic acids is 1. The third kappa shape index (κ3) is 3.54. The zero-order valence-corrected chi connectivity index (χ0v) is 14.6. The van der Waals surface area contributed by atoms with Crippen LogP contribution in [0.25, 0.3) is 0 Å². The molecular formula is C22H22O4. The van der Waals surface area contributed by atoms with E-state index in [-0.39, 0.29) is 18.4 Å². The van der Waals surface area contributed by atoms with Crippen LogP contribution >= 0.6 is 0 Å². The van der Waals surface area contributed by atoms with E-state index in [1.165, 1.54) is 0 Å². The van der Waals surface area contributed by atoms with Crippen LogP contribution in [0.15, 0.2) is 72.8 Å². The summed E-state index contributed by atoms with van der Waals surface area (Å²) in [5.74, 6) is -3.79. The Kier molecular flexibility index (Phi) is 5.52. The predicted molar refractivity (Wildman–Crippen MR) is 98.8 cm³/mol. The second kappa shape index (κ2) is 8.00. The van der Waals surface area contributed by atoms with Gasteiger partial charge in [0.25, 0.3) is 0 Å². The molecule has 0 unspecified atom stereocenters. The Bertz CT molecular complexity index is 782. The van der Waals surface area contributed by atoms with E-state index in [0.29, 0.717) is 0 Å². The van der Waals surface area contributed by atoms with Gasteiger partial charge in [0.15, 0.2) is 0 Å². The van der Waals surface area contributed by atoms with Crippen molar-refractivity contribution < 1.29 is 19.4 Å². The summed E-state index contributed by atoms with van der Waals surface area (Å²) in [7, 11) is 0. The molecule has 0 heterocycles. The topological polar surface area (TPSA) is 63.6 Å². The van der Waals surface area contributed by atoms with Crippen molar-refractivity contribution in [2.24, 2.45) is 11.8 Å². The van der Waals surface area contributed by atoms with E-state index in [0.717, 1.165) is 11.1 Å². The molecule has 0 spiro atoms. The van der Waals surface area contributed by atoms with Crippen LogP contribution in [0.1, 0.15) is 29.9 Å². The highest BCUT2D eigenvalue weighted by atomic mass is 16.5. The van der Waals surface area contributed by atoms with Gasteiger partial charge in [0.2, 0.25) is 0 Å². The minimum atomic E-state index is -0.984. The average molecular weight is 350 g/mol. The molecule has 1 aliphatic carbocycles. The first-order valence-corrected chi connectivity index (χ1v) is 8.81. The van der Waals surface area contributed by atoms with Gasteiger partial charge in [0.05, 0.1) is 18.4 Å². The highest BCUT2D eigenvalue weighted by Gasteiger charge is 2.46. The highest BCUT2D eigenvalue weighted by molar-refractivity contribution is 5.84. The van der Waals surface area contributed by atoms with Crippen LogP contribution < -0.4 is 0 Å². The molecule has 0 fully saturated rings. The highest BCUT2D eigenvalue weighted by Crippen LogP contribution is 2.45. The molecule has 1 aliphatic rings. The van der Waals surface area contributed by atoms with Gasteiger partial charge < -0.3 is 9.84 Å². The van der Waals surface area contributed by atoms with Crippen LogP contribution in [0.5, 0.6) is 0 Å². The lowest BCUT2D eigenvalue weighted by Crippen LogP contribution is -2.40. The van der Waals surface area contributed by atoms with E-state index in [9.17, 15) is 14.7 Å². The molecule has 0 saturated carbocycles. The van der Waals surface area contributed by atoms with Crippen LogP contribution in [-0.4, -0.2) is 23.7 Å². The number of esters is 1. The molecule has 0 amide bonds. The number of carbonyl (C=O) groups excluding carboxylic acids is 1. The third-order valence-electron chi connectivity index (χ3n) is 4.90. The van der Waals surface area contributed by atoms with Crippen LogP contribution in [0.2, 0.25) is 0 Å². The Morgan fingerprint density at radius 2 is 1.31 bits per heavy atom. The summed E-state index contributed by atoms with van der Waals surface area (Å²) in [6.07, 6.45) is 3.87. The van der Waals surface area contributed by atoms with Crippen LogP contribution in [0.3, 0.4) is 0 Å². The Morgan fingerprint density at radius 3 is 1.73 bits per heavy atom. The first-order valence-electron chi connectivity index (χ1n) is 8.81. The fourth-order valence-corrected chi connectivity index (χ4v) is 3.75. The van der Waals surface area contributed by atoms with Crippen molar-refractivity contribution in [2.45, 2.75) is 18.8 Å². The number of carboxylic acid groups (broad SMARTS) is 1. The van der Waals surface area contributed by atoms with E-state index in [4.69, 9.17) is 4.74 Å². The number of benzene rings is 2. The number of hydrogen-bond acceptors (Lipinski definition) is 3. The molecule has 4 heteroatoms. The van der Waals surface area contributed by atoms with Crippen LogP contribution in [0, 0.1) is 11.8 Å². The molecule has 0 bridgehead atoms. The molecule has 2 aromatic rings. The van der Waals surface area contributed by atoms with E-state index in [1.807, 2.05) is 72.8 Å². The standard InChI is InChI=1S/C22H22O4/c1-2-26-22(25)20-18(16-11-7-4-8-12-16)14-13-17(19(20)21(23)24)15-9-5-3-6-10-15/h3-14,17-20H,2H2,1H3,(H,23,24)/t17-,18+,19-,20-/m0/s1. The van der Waals surface area contributed by atoms with Crippen molar-refractivity contribution in [2.75, 3.05) is 6.61 Å². The summed E-state index contributed by atoms with van der Waals surface area (Å²) < 4.78 is 5.26. The van der Waals surface area contributed by atoms with Gasteiger partial charge in [-0.1, -0.05) is 72.8 Å². The molecule has 4 atom stereocenters. The molecule has 0 saturated heterocycles. The van der Waals surface area contributed by atoms with Gasteiger partial charge in [0, 0.05) is 11.8 Å². The Hall–Kier alpha value is -2.88. The molecular weight excluding hydrogens is 328 g/mol. The molecule has 2 aromatic carbocycles. The Morgan fingerprint density at radius 1 is 0.846 bits per heavy atom. The van der Waals surface area contributed by atoms with Gasteiger partial charge >= 0.3 is 11.9 Å². The Labute approximate surface area is 153 Å². The van der Waals surface area contributed by atoms with Crippen molar-refractivity contribution in [3.05, 3.63) is 83.9 Å². The average Bonchev–Trinajstić information content (AvgIpc) is 2.68. The number of aliphatic carboxylic acids is 1. The van der Waals surface area contributed by atoms with Gasteiger partial charge in [-0.05, 0) is 18.1 Å². The van der Waals surface area contributed by atoms with Gasteiger partial charge in [0.1, 0.15) is 0 Å². The van der Waals surface area contributed by atoms with Crippen molar-refractivity contribution in [3.63, 3.8) is 0 Å². The lowest BCUT2D eigenvalue weighted by Gasteiger charge is -2.36. The summed E-state index contributed by atoms with van der Waals surface area (Å²) in [5.41, 5.74) is 1.80. The maximum Gasteiger partial charge on any atom is 0.310 e. The van der Waals surface area contributed by atoms with Crippen molar-refractivity contribution in [1.29, 1.82) is 0 Å². The summed E-state index contributed by atoms with van der Waals surface area (Å²) >= 11 is 0. The van der Waals surface area contributed by atoms with E-state index in [2.05, 4.69) is 0 Å². The molecule has 26 heavy (non-hydrogen) atoms. The molecule has 134 valence electrons. The Balaban J connectivity index is 2.09. The van der Waals surface area contributed by atoms with E-state index >= 15 is 0 Å². The fourth-order valence-electron chi connectivity index (χ4n) is 3.75. The number of carbonyl (C=O) groups is 2. The first kappa shape index (κ1) is 17.9. The number of rotatable bonds is 5. The third-order valence-corrected chi connectivity index (χ3v) is 4.90. The monoisotopic (exact) mass is 350 g/mol. The quantitative estimate of drug-likeness (QED) is 0.654. The zero-order chi connectivity index (χ0) is 18.5. The van der Waals surface area contributed by atoms with Gasteiger partial charge in [-0.2, -0.15) is 0 Å². The number of ether oxygens (including phenoxy) is 1. The summed E-state index contributed by atoms with van der Waals surface area (Å²) in [4.78, 5) is 24.9. The SMILES string of the molecule is CCOC(=O)[C@@H]1[C@@H](C(=O)O)[C@H](c2ccccc2)C=C[C@@H]1c1ccccc1. The van der Waals surface area contributed by atoms with Crippen LogP contribution in [-0.2, 0) is 14.3 Å². The normalized spacial score (nSPS) is 24.8. The minimum Gasteiger partial charge on any atom is -0.481 e. The van der Waals surface area contributed by atoms with Crippen molar-refractivity contribution in [3.8, 4) is 0 Å². The molecule has 0 radical (unpaired) electrons. The van der Waals surface area contributed by atoms with Crippen molar-refractivity contribution >= 4 is 11.9 Å². The van der Waals surface area contributed by atoms with Gasteiger partial charge in [-0.3, -0.25) is 9.59 Å². The summed E-state index contributed by atoms with van der Waals surface area (Å²) in [5, 5.41) is 9.98. The molecule has 0 aromatic heterocycles. The van der Waals surface area contributed by atoms with E-state index in [1.54, 1.807) is 6.92 Å². The van der Waals surface area contributed by atoms with Gasteiger partial charge in [-0.25, -0.2) is 0 Å². The second-order valence-electron chi connectivity index (χ2n) is 6.40. The first-order chi connectivity index (χ1) is 12.6. The predicted octanol–water partition coefficient (Wildman–Crippen LogP) is 4.00. The molecule has 0 aliphatic heterocycles. The fraction of sp³-hybridized carbons (Fsp3) is 0.273. The maximum atomic E-state index is 12.8. The van der Waals surface area contributed by atoms with E-state index < -0.39 is 23.8 Å². The number of hydrogen-bond donors (Lipinski definition) is 1. The summed E-state index contributed by atoms with van der Waals surface area (Å²) in [6, 6.07) is 19.0. The lowest BCUT2D eigenvalue weighted by molar-refractivity contribution is -0.159. The number of allylic oxidation sites excluding steroid dienone is 2. The maximum absolute atomic E-state index is 12.8.